The smallest absolute Gasteiger partial charge is 0.249 e. The number of nitrogens with one attached hydrogen (secondary N) is 2. The summed E-state index contributed by atoms with van der Waals surface area (Å²) in [5.74, 6) is -0.304. The molecule has 0 atom stereocenters. The van der Waals surface area contributed by atoms with E-state index in [1.54, 1.807) is 9.80 Å². The van der Waals surface area contributed by atoms with Crippen molar-refractivity contribution in [3.05, 3.63) is 46.9 Å². The van der Waals surface area contributed by atoms with Gasteiger partial charge in [0.1, 0.15) is 18.8 Å². The molecule has 0 aromatic carbocycles. The summed E-state index contributed by atoms with van der Waals surface area (Å²) < 4.78 is 5.14. The average molecular weight is 466 g/mol. The highest BCUT2D eigenvalue weighted by Gasteiger charge is 2.29. The largest absolute Gasteiger partial charge is 0.370 e. The molecule has 1 aliphatic carbocycles. The number of aromatic amines is 2. The van der Waals surface area contributed by atoms with E-state index < -0.39 is 0 Å². The van der Waals surface area contributed by atoms with Crippen LogP contribution in [0.1, 0.15) is 49.7 Å². The highest BCUT2D eigenvalue weighted by atomic mass is 16.5. The van der Waals surface area contributed by atoms with Crippen molar-refractivity contribution >= 4 is 17.9 Å². The Balaban J connectivity index is 1.46. The molecule has 8 heteroatoms. The van der Waals surface area contributed by atoms with Crippen molar-refractivity contribution in [3.63, 3.8) is 0 Å². The molecule has 2 aromatic heterocycles. The van der Waals surface area contributed by atoms with E-state index in [4.69, 9.17) is 4.74 Å². The van der Waals surface area contributed by atoms with Crippen molar-refractivity contribution < 1.29 is 14.3 Å². The second-order valence-corrected chi connectivity index (χ2v) is 9.96. The van der Waals surface area contributed by atoms with Crippen LogP contribution < -0.4 is 0 Å². The third-order valence-corrected chi connectivity index (χ3v) is 6.80. The standard InChI is InChI=1S/C26H35N5O3/c1-6-31(23(32)15-30-11-12-34-16-24(30)33)17(2)7-8-19-13-21(27-18(19)3)25-20-9-10-26(4,5)14-22(20)28-29-25/h7-8,13,27H,2,6,9-12,14-16H2,1,3-5H3,(H,28,29)/b8-7-. The number of carbonyl (C=O) groups excluding carboxylic acids is 2. The van der Waals surface area contributed by atoms with Crippen molar-refractivity contribution in [1.29, 1.82) is 0 Å². The van der Waals surface area contributed by atoms with E-state index in [9.17, 15) is 9.59 Å². The molecule has 0 bridgehead atoms. The van der Waals surface area contributed by atoms with Gasteiger partial charge in [0.15, 0.2) is 0 Å². The first-order chi connectivity index (χ1) is 16.2. The first-order valence-electron chi connectivity index (χ1n) is 12.0. The van der Waals surface area contributed by atoms with Gasteiger partial charge in [0.25, 0.3) is 0 Å². The van der Waals surface area contributed by atoms with Crippen molar-refractivity contribution in [3.8, 4) is 11.4 Å². The Morgan fingerprint density at radius 1 is 1.41 bits per heavy atom. The van der Waals surface area contributed by atoms with Crippen molar-refractivity contribution in [2.45, 2.75) is 47.0 Å². The molecule has 182 valence electrons. The summed E-state index contributed by atoms with van der Waals surface area (Å²) in [5.41, 5.74) is 7.47. The molecule has 4 rings (SSSR count). The minimum absolute atomic E-state index is 0.0341. The first-order valence-corrected chi connectivity index (χ1v) is 12.0. The number of nitrogens with zero attached hydrogens (tertiary/aromatic N) is 3. The van der Waals surface area contributed by atoms with E-state index >= 15 is 0 Å². The Morgan fingerprint density at radius 2 is 2.21 bits per heavy atom. The van der Waals surface area contributed by atoms with Crippen LogP contribution in [-0.4, -0.2) is 69.6 Å². The lowest BCUT2D eigenvalue weighted by atomic mass is 9.76. The number of ether oxygens (including phenoxy) is 1. The zero-order valence-corrected chi connectivity index (χ0v) is 20.7. The Labute approximate surface area is 201 Å². The topological polar surface area (TPSA) is 94.3 Å². The first kappa shape index (κ1) is 24.0. The summed E-state index contributed by atoms with van der Waals surface area (Å²) in [5, 5.41) is 7.87. The minimum Gasteiger partial charge on any atom is -0.370 e. The lowest BCUT2D eigenvalue weighted by Gasteiger charge is -2.29. The molecule has 3 heterocycles. The number of likely N-dealkylation sites (N-methyl/N-ethyl adjacent to an activating group) is 1. The average Bonchev–Trinajstić information content (AvgIpc) is 3.36. The van der Waals surface area contributed by atoms with E-state index in [-0.39, 0.29) is 25.0 Å². The lowest BCUT2D eigenvalue weighted by molar-refractivity contribution is -0.147. The molecule has 2 N–H and O–H groups in total. The lowest BCUT2D eigenvalue weighted by Crippen LogP contribution is -2.47. The van der Waals surface area contributed by atoms with Crippen LogP contribution in [0.25, 0.3) is 17.5 Å². The Kier molecular flexibility index (Phi) is 6.79. The second kappa shape index (κ2) is 9.62. The highest BCUT2D eigenvalue weighted by Crippen LogP contribution is 2.37. The maximum atomic E-state index is 12.8. The van der Waals surface area contributed by atoms with Gasteiger partial charge >= 0.3 is 0 Å². The predicted molar refractivity (Wildman–Crippen MR) is 132 cm³/mol. The summed E-state index contributed by atoms with van der Waals surface area (Å²) in [6.07, 6.45) is 7.00. The number of amides is 2. The summed E-state index contributed by atoms with van der Waals surface area (Å²) in [6, 6.07) is 2.10. The molecule has 2 aliphatic rings. The van der Waals surface area contributed by atoms with Crippen molar-refractivity contribution in [1.82, 2.24) is 25.0 Å². The van der Waals surface area contributed by atoms with Crippen LogP contribution in [0.5, 0.6) is 0 Å². The quantitative estimate of drug-likeness (QED) is 0.613. The third-order valence-electron chi connectivity index (χ3n) is 6.80. The van der Waals surface area contributed by atoms with Gasteiger partial charge in [-0.2, -0.15) is 5.10 Å². The number of aromatic nitrogens is 3. The van der Waals surface area contributed by atoms with Gasteiger partial charge in [0.05, 0.1) is 12.3 Å². The fraction of sp³-hybridized carbons (Fsp3) is 0.500. The van der Waals surface area contributed by atoms with Crippen LogP contribution >= 0.6 is 0 Å². The van der Waals surface area contributed by atoms with Crippen LogP contribution in [0.2, 0.25) is 0 Å². The number of rotatable bonds is 7. The van der Waals surface area contributed by atoms with Crippen LogP contribution in [-0.2, 0) is 27.2 Å². The third kappa shape index (κ3) is 5.01. The molecule has 2 aromatic rings. The van der Waals surface area contributed by atoms with Crippen molar-refractivity contribution in [2.24, 2.45) is 5.41 Å². The molecule has 8 nitrogen and oxygen atoms in total. The molecule has 0 unspecified atom stereocenters. The monoisotopic (exact) mass is 465 g/mol. The molecular formula is C26H35N5O3. The molecule has 1 saturated heterocycles. The van der Waals surface area contributed by atoms with E-state index in [0.29, 0.717) is 30.8 Å². The fourth-order valence-corrected chi connectivity index (χ4v) is 4.73. The van der Waals surface area contributed by atoms with Crippen LogP contribution in [0.4, 0.5) is 0 Å². The fourth-order valence-electron chi connectivity index (χ4n) is 4.73. The summed E-state index contributed by atoms with van der Waals surface area (Å²) >= 11 is 0. The minimum atomic E-state index is -0.156. The van der Waals surface area contributed by atoms with E-state index in [1.807, 2.05) is 26.0 Å². The van der Waals surface area contributed by atoms with E-state index in [2.05, 4.69) is 41.7 Å². The predicted octanol–water partition coefficient (Wildman–Crippen LogP) is 3.46. The van der Waals surface area contributed by atoms with Gasteiger partial charge < -0.3 is 19.5 Å². The molecule has 34 heavy (non-hydrogen) atoms. The summed E-state index contributed by atoms with van der Waals surface area (Å²) in [7, 11) is 0. The number of carbonyl (C=O) groups is 2. The molecule has 0 spiro atoms. The van der Waals surface area contributed by atoms with E-state index in [0.717, 1.165) is 41.9 Å². The van der Waals surface area contributed by atoms with Gasteiger partial charge in [0.2, 0.25) is 11.8 Å². The summed E-state index contributed by atoms with van der Waals surface area (Å²) in [4.78, 5) is 31.4. The molecule has 0 radical (unpaired) electrons. The van der Waals surface area contributed by atoms with Crippen molar-refractivity contribution in [2.75, 3.05) is 32.8 Å². The Hall–Kier alpha value is -3.13. The highest BCUT2D eigenvalue weighted by molar-refractivity contribution is 5.87. The molecule has 1 fully saturated rings. The van der Waals surface area contributed by atoms with Gasteiger partial charge in [-0.15, -0.1) is 0 Å². The van der Waals surface area contributed by atoms with Gasteiger partial charge in [0, 0.05) is 35.7 Å². The second-order valence-electron chi connectivity index (χ2n) is 9.96. The van der Waals surface area contributed by atoms with Crippen LogP contribution in [0, 0.1) is 12.3 Å². The Bertz CT molecular complexity index is 1120. The van der Waals surface area contributed by atoms with Gasteiger partial charge in [-0.25, -0.2) is 0 Å². The normalized spacial score (nSPS) is 17.8. The molecule has 0 saturated carbocycles. The summed E-state index contributed by atoms with van der Waals surface area (Å²) in [6.45, 7) is 14.1. The zero-order valence-electron chi connectivity index (χ0n) is 20.7. The Morgan fingerprint density at radius 3 is 2.94 bits per heavy atom. The zero-order chi connectivity index (χ0) is 24.5. The van der Waals surface area contributed by atoms with Gasteiger partial charge in [-0.3, -0.25) is 14.7 Å². The number of fused-ring (bicyclic) bond motifs is 1. The van der Waals surface area contributed by atoms with Crippen LogP contribution in [0.15, 0.2) is 24.4 Å². The van der Waals surface area contributed by atoms with E-state index in [1.165, 1.54) is 11.3 Å². The number of hydrogen-bond donors (Lipinski definition) is 2. The SMILES string of the molecule is C=C(/C=C\c1cc(-c2n[nH]c3c2CCC(C)(C)C3)[nH]c1C)N(CC)C(=O)CN1CCOCC1=O. The number of allylic oxidation sites excluding steroid dienone is 1. The van der Waals surface area contributed by atoms with Gasteiger partial charge in [-0.05, 0) is 56.2 Å². The van der Waals surface area contributed by atoms with Crippen LogP contribution in [0.3, 0.4) is 0 Å². The number of aryl methyl sites for hydroxylation is 1. The number of hydrogen-bond acceptors (Lipinski definition) is 4. The maximum absolute atomic E-state index is 12.8. The molecule has 1 aliphatic heterocycles. The number of H-pyrrole nitrogens is 2. The van der Waals surface area contributed by atoms with Gasteiger partial charge in [-0.1, -0.05) is 26.5 Å². The number of morpholine rings is 1. The molecule has 2 amide bonds. The maximum Gasteiger partial charge on any atom is 0.249 e. The molecular weight excluding hydrogens is 430 g/mol.